The SMILES string of the molecule is CCCN1CCC(C#N)(N(C(=O)CC)c2ccccc2)CC1. The molecule has 2 rings (SSSR count). The van der Waals surface area contributed by atoms with Gasteiger partial charge in [-0.25, -0.2) is 0 Å². The minimum Gasteiger partial charge on any atom is -0.303 e. The zero-order chi connectivity index (χ0) is 16.0. The van der Waals surface area contributed by atoms with E-state index in [9.17, 15) is 10.1 Å². The Labute approximate surface area is 133 Å². The Kier molecular flexibility index (Phi) is 5.57. The van der Waals surface area contributed by atoms with Crippen molar-refractivity contribution in [2.45, 2.75) is 45.1 Å². The molecule has 0 aromatic heterocycles. The second kappa shape index (κ2) is 7.42. The fourth-order valence-corrected chi connectivity index (χ4v) is 3.21. The highest BCUT2D eigenvalue weighted by Gasteiger charge is 2.42. The van der Waals surface area contributed by atoms with E-state index in [1.807, 2.05) is 37.3 Å². The number of amides is 1. The van der Waals surface area contributed by atoms with Crippen LogP contribution in [0.4, 0.5) is 5.69 Å². The molecule has 0 radical (unpaired) electrons. The van der Waals surface area contributed by atoms with Crippen LogP contribution in [0.1, 0.15) is 39.5 Å². The third kappa shape index (κ3) is 3.31. The molecular formula is C18H25N3O. The number of benzene rings is 1. The molecule has 1 amide bonds. The van der Waals surface area contributed by atoms with E-state index < -0.39 is 5.54 Å². The summed E-state index contributed by atoms with van der Waals surface area (Å²) in [6.07, 6.45) is 2.96. The van der Waals surface area contributed by atoms with Crippen LogP contribution in [0, 0.1) is 11.3 Å². The number of rotatable bonds is 5. The number of carbonyl (C=O) groups excluding carboxylic acids is 1. The highest BCUT2D eigenvalue weighted by atomic mass is 16.2. The largest absolute Gasteiger partial charge is 0.303 e. The number of para-hydroxylation sites is 1. The van der Waals surface area contributed by atoms with Crippen molar-refractivity contribution in [3.8, 4) is 6.07 Å². The molecule has 1 aromatic rings. The predicted molar refractivity (Wildman–Crippen MR) is 88.5 cm³/mol. The van der Waals surface area contributed by atoms with E-state index in [4.69, 9.17) is 0 Å². The summed E-state index contributed by atoms with van der Waals surface area (Å²) in [4.78, 5) is 16.7. The summed E-state index contributed by atoms with van der Waals surface area (Å²) in [6.45, 7) is 6.84. The maximum absolute atomic E-state index is 12.5. The molecule has 0 spiro atoms. The monoisotopic (exact) mass is 299 g/mol. The summed E-state index contributed by atoms with van der Waals surface area (Å²) in [5.74, 6) is 0.0247. The van der Waals surface area contributed by atoms with Gasteiger partial charge in [-0.3, -0.25) is 9.69 Å². The normalized spacial score (nSPS) is 17.7. The maximum atomic E-state index is 12.5. The topological polar surface area (TPSA) is 47.3 Å². The van der Waals surface area contributed by atoms with Crippen LogP contribution < -0.4 is 4.90 Å². The predicted octanol–water partition coefficient (Wildman–Crippen LogP) is 3.20. The molecule has 1 fully saturated rings. The lowest BCUT2D eigenvalue weighted by molar-refractivity contribution is -0.119. The fourth-order valence-electron chi connectivity index (χ4n) is 3.21. The van der Waals surface area contributed by atoms with Gasteiger partial charge in [0.1, 0.15) is 5.54 Å². The molecule has 1 aliphatic rings. The standard InChI is InChI=1S/C18H25N3O/c1-3-12-20-13-10-18(15-19,11-14-20)21(17(22)4-2)16-8-6-5-7-9-16/h5-9H,3-4,10-14H2,1-2H3. The number of carbonyl (C=O) groups is 1. The van der Waals surface area contributed by atoms with E-state index in [0.29, 0.717) is 19.3 Å². The molecule has 22 heavy (non-hydrogen) atoms. The third-order valence-electron chi connectivity index (χ3n) is 4.43. The molecule has 1 aliphatic heterocycles. The van der Waals surface area contributed by atoms with Gasteiger partial charge in [0.25, 0.3) is 0 Å². The second-order valence-corrected chi connectivity index (χ2v) is 5.90. The van der Waals surface area contributed by atoms with Gasteiger partial charge in [0.05, 0.1) is 6.07 Å². The number of hydrogen-bond donors (Lipinski definition) is 0. The lowest BCUT2D eigenvalue weighted by Gasteiger charge is -2.44. The number of anilines is 1. The number of likely N-dealkylation sites (tertiary alicyclic amines) is 1. The Bertz CT molecular complexity index is 527. The lowest BCUT2D eigenvalue weighted by Crippen LogP contribution is -2.57. The Morgan fingerprint density at radius 3 is 2.41 bits per heavy atom. The third-order valence-corrected chi connectivity index (χ3v) is 4.43. The van der Waals surface area contributed by atoms with E-state index in [2.05, 4.69) is 17.9 Å². The van der Waals surface area contributed by atoms with Gasteiger partial charge in [-0.2, -0.15) is 5.26 Å². The Hall–Kier alpha value is -1.86. The number of piperidine rings is 1. The zero-order valence-electron chi connectivity index (χ0n) is 13.6. The van der Waals surface area contributed by atoms with E-state index in [0.717, 1.165) is 31.7 Å². The van der Waals surface area contributed by atoms with E-state index in [1.165, 1.54) is 0 Å². The van der Waals surface area contributed by atoms with Crippen LogP contribution in [-0.4, -0.2) is 36.0 Å². The maximum Gasteiger partial charge on any atom is 0.228 e. The average molecular weight is 299 g/mol. The summed E-state index contributed by atoms with van der Waals surface area (Å²) >= 11 is 0. The van der Waals surface area contributed by atoms with Gasteiger partial charge in [0.2, 0.25) is 5.91 Å². The molecule has 0 saturated carbocycles. The lowest BCUT2D eigenvalue weighted by atomic mass is 9.86. The number of hydrogen-bond acceptors (Lipinski definition) is 3. The molecule has 0 atom stereocenters. The van der Waals surface area contributed by atoms with Crippen LogP contribution in [0.5, 0.6) is 0 Å². The molecule has 0 aliphatic carbocycles. The second-order valence-electron chi connectivity index (χ2n) is 5.90. The van der Waals surface area contributed by atoms with Crippen molar-refractivity contribution in [2.24, 2.45) is 0 Å². The van der Waals surface area contributed by atoms with E-state index in [-0.39, 0.29) is 5.91 Å². The van der Waals surface area contributed by atoms with Gasteiger partial charge in [0.15, 0.2) is 0 Å². The molecule has 0 bridgehead atoms. The molecule has 4 heteroatoms. The van der Waals surface area contributed by atoms with Crippen molar-refractivity contribution in [1.82, 2.24) is 4.90 Å². The summed E-state index contributed by atoms with van der Waals surface area (Å²) in [5, 5.41) is 9.87. The first-order valence-corrected chi connectivity index (χ1v) is 8.18. The Morgan fingerprint density at radius 2 is 1.91 bits per heavy atom. The van der Waals surface area contributed by atoms with Crippen molar-refractivity contribution >= 4 is 11.6 Å². The minimum absolute atomic E-state index is 0.0247. The summed E-state index contributed by atoms with van der Waals surface area (Å²) < 4.78 is 0. The molecule has 1 saturated heterocycles. The quantitative estimate of drug-likeness (QED) is 0.839. The van der Waals surface area contributed by atoms with Gasteiger partial charge in [-0.05, 0) is 37.9 Å². The zero-order valence-corrected chi connectivity index (χ0v) is 13.6. The van der Waals surface area contributed by atoms with Crippen LogP contribution in [0.3, 0.4) is 0 Å². The Morgan fingerprint density at radius 1 is 1.27 bits per heavy atom. The van der Waals surface area contributed by atoms with Crippen LogP contribution in [0.15, 0.2) is 30.3 Å². The summed E-state index contributed by atoms with van der Waals surface area (Å²) in [5.41, 5.74) is 0.124. The first-order chi connectivity index (χ1) is 10.7. The van der Waals surface area contributed by atoms with Crippen molar-refractivity contribution in [1.29, 1.82) is 5.26 Å². The number of nitrogens with zero attached hydrogens (tertiary/aromatic N) is 3. The van der Waals surface area contributed by atoms with Crippen LogP contribution in [0.25, 0.3) is 0 Å². The van der Waals surface area contributed by atoms with E-state index >= 15 is 0 Å². The molecule has 118 valence electrons. The highest BCUT2D eigenvalue weighted by Crippen LogP contribution is 2.33. The van der Waals surface area contributed by atoms with Gasteiger partial charge in [0, 0.05) is 25.2 Å². The van der Waals surface area contributed by atoms with Crippen LogP contribution >= 0.6 is 0 Å². The molecule has 1 heterocycles. The summed E-state index contributed by atoms with van der Waals surface area (Å²) in [7, 11) is 0. The highest BCUT2D eigenvalue weighted by molar-refractivity contribution is 5.95. The fraction of sp³-hybridized carbons (Fsp3) is 0.556. The van der Waals surface area contributed by atoms with Gasteiger partial charge >= 0.3 is 0 Å². The number of nitriles is 1. The molecule has 0 unspecified atom stereocenters. The average Bonchev–Trinajstić information content (AvgIpc) is 2.58. The molecule has 0 N–H and O–H groups in total. The van der Waals surface area contributed by atoms with Crippen molar-refractivity contribution in [3.05, 3.63) is 30.3 Å². The molecular weight excluding hydrogens is 274 g/mol. The Balaban J connectivity index is 2.29. The minimum atomic E-state index is -0.710. The molecule has 4 nitrogen and oxygen atoms in total. The summed E-state index contributed by atoms with van der Waals surface area (Å²) in [6, 6.07) is 12.1. The van der Waals surface area contributed by atoms with Gasteiger partial charge in [-0.15, -0.1) is 0 Å². The van der Waals surface area contributed by atoms with Crippen molar-refractivity contribution in [3.63, 3.8) is 0 Å². The van der Waals surface area contributed by atoms with Gasteiger partial charge < -0.3 is 4.90 Å². The first-order valence-electron chi connectivity index (χ1n) is 8.18. The van der Waals surface area contributed by atoms with Gasteiger partial charge in [-0.1, -0.05) is 32.0 Å². The van der Waals surface area contributed by atoms with Crippen LogP contribution in [0.2, 0.25) is 0 Å². The molecule has 1 aromatic carbocycles. The first kappa shape index (κ1) is 16.5. The van der Waals surface area contributed by atoms with Crippen LogP contribution in [-0.2, 0) is 4.79 Å². The van der Waals surface area contributed by atoms with Crippen molar-refractivity contribution < 1.29 is 4.79 Å². The smallest absolute Gasteiger partial charge is 0.228 e. The van der Waals surface area contributed by atoms with E-state index in [1.54, 1.807) is 4.90 Å². The van der Waals surface area contributed by atoms with Crippen molar-refractivity contribution in [2.75, 3.05) is 24.5 Å².